The van der Waals surface area contributed by atoms with Crippen molar-refractivity contribution in [2.45, 2.75) is 32.1 Å². The predicted molar refractivity (Wildman–Crippen MR) is 130 cm³/mol. The second kappa shape index (κ2) is 7.56. The fraction of sp³-hybridized carbons (Fsp3) is 0.348. The zero-order valence-electron chi connectivity index (χ0n) is 17.7. The lowest BCUT2D eigenvalue weighted by atomic mass is 9.84. The lowest BCUT2D eigenvalue weighted by Crippen LogP contribution is -2.29. The topological polar surface area (TPSA) is 45.9 Å². The number of hydrogen-bond donors (Lipinski definition) is 1. The number of hydrazone groups is 1. The Hall–Kier alpha value is -2.07. The molecule has 3 aliphatic rings. The molecule has 0 bridgehead atoms. The van der Waals surface area contributed by atoms with Gasteiger partial charge in [0.1, 0.15) is 0 Å². The third-order valence-electron chi connectivity index (χ3n) is 6.49. The van der Waals surface area contributed by atoms with Crippen molar-refractivity contribution in [3.63, 3.8) is 0 Å². The highest BCUT2D eigenvalue weighted by atomic mass is 35.5. The van der Waals surface area contributed by atoms with Crippen LogP contribution in [0.25, 0.3) is 0 Å². The van der Waals surface area contributed by atoms with E-state index in [-0.39, 0.29) is 17.8 Å². The third kappa shape index (κ3) is 2.87. The number of nitrogens with one attached hydrogen (secondary N) is 1. The number of hydrogen-bond acceptors (Lipinski definition) is 3. The summed E-state index contributed by atoms with van der Waals surface area (Å²) in [6.45, 7) is 6.51. The molecule has 2 aromatic carbocycles. The van der Waals surface area contributed by atoms with Gasteiger partial charge in [-0.1, -0.05) is 50.2 Å². The van der Waals surface area contributed by atoms with Crippen LogP contribution in [0.1, 0.15) is 32.3 Å². The van der Waals surface area contributed by atoms with E-state index in [1.807, 2.05) is 29.2 Å². The van der Waals surface area contributed by atoms with Gasteiger partial charge in [-0.2, -0.15) is 5.10 Å². The maximum absolute atomic E-state index is 9.92. The quantitative estimate of drug-likeness (QED) is 0.559. The highest BCUT2D eigenvalue weighted by Gasteiger charge is 2.48. The second-order valence-electron chi connectivity index (χ2n) is 8.57. The summed E-state index contributed by atoms with van der Waals surface area (Å²) in [6.07, 6.45) is 4.29. The molecule has 2 aromatic rings. The SMILES string of the molecule is CN1C(=C2C=NN(c3ccccc3)P2(=N)N2CCCC2)C(C)(C)c2ccccc21.Cl. The van der Waals surface area contributed by atoms with Crippen LogP contribution in [-0.4, -0.2) is 31.0 Å². The number of para-hydroxylation sites is 2. The zero-order chi connectivity index (χ0) is 20.2. The van der Waals surface area contributed by atoms with Gasteiger partial charge in [-0.15, -0.1) is 12.4 Å². The molecule has 1 fully saturated rings. The summed E-state index contributed by atoms with van der Waals surface area (Å²) in [5.41, 5.74) is 4.62. The van der Waals surface area contributed by atoms with E-state index >= 15 is 0 Å². The van der Waals surface area contributed by atoms with E-state index in [1.54, 1.807) is 0 Å². The van der Waals surface area contributed by atoms with Gasteiger partial charge in [0.15, 0.2) is 7.36 Å². The minimum absolute atomic E-state index is 0. The molecule has 30 heavy (non-hydrogen) atoms. The maximum atomic E-state index is 9.92. The number of rotatable bonds is 2. The average molecular weight is 442 g/mol. The first-order valence-electron chi connectivity index (χ1n) is 10.3. The standard InChI is InChI=1S/C23H28N5P.ClH/c1-23(2)19-13-7-8-14-20(19)26(3)22(23)21-17-25-28(18-11-5-4-6-12-18)29(21,24)27-15-9-10-16-27;/h4-8,11-14,17,24H,9-10,15-16H2,1-3H3;1H. The lowest BCUT2D eigenvalue weighted by Gasteiger charge is -2.38. The van der Waals surface area contributed by atoms with Crippen LogP contribution in [-0.2, 0) is 5.41 Å². The molecule has 3 heterocycles. The Balaban J connectivity index is 0.00000218. The van der Waals surface area contributed by atoms with E-state index in [0.29, 0.717) is 0 Å². The molecule has 1 N–H and O–H groups in total. The molecule has 5 rings (SSSR count). The second-order valence-corrected chi connectivity index (χ2v) is 11.2. The van der Waals surface area contributed by atoms with E-state index in [1.165, 1.54) is 16.9 Å². The van der Waals surface area contributed by atoms with E-state index in [4.69, 9.17) is 5.10 Å². The van der Waals surface area contributed by atoms with Crippen molar-refractivity contribution in [2.75, 3.05) is 29.8 Å². The molecule has 1 unspecified atom stereocenters. The summed E-state index contributed by atoms with van der Waals surface area (Å²) in [6, 6.07) is 18.9. The van der Waals surface area contributed by atoms with Crippen molar-refractivity contribution in [3.8, 4) is 0 Å². The van der Waals surface area contributed by atoms with Gasteiger partial charge >= 0.3 is 0 Å². The molecule has 5 nitrogen and oxygen atoms in total. The smallest absolute Gasteiger partial charge is 0.172 e. The number of likely N-dealkylation sites (N-methyl/N-ethyl adjacent to an activating group) is 1. The molecule has 0 spiro atoms. The first-order chi connectivity index (χ1) is 14.0. The molecule has 7 heteroatoms. The van der Waals surface area contributed by atoms with Crippen LogP contribution in [0.5, 0.6) is 0 Å². The van der Waals surface area contributed by atoms with Crippen LogP contribution in [0.4, 0.5) is 11.4 Å². The van der Waals surface area contributed by atoms with Crippen molar-refractivity contribution in [3.05, 3.63) is 71.2 Å². The highest BCUT2D eigenvalue weighted by molar-refractivity contribution is 7.70. The summed E-state index contributed by atoms with van der Waals surface area (Å²) in [4.78, 5) is 2.30. The summed E-state index contributed by atoms with van der Waals surface area (Å²) < 4.78 is 4.40. The van der Waals surface area contributed by atoms with Gasteiger partial charge in [0.2, 0.25) is 0 Å². The largest absolute Gasteiger partial charge is 0.346 e. The average Bonchev–Trinajstić information content (AvgIpc) is 3.42. The molecule has 3 aliphatic heterocycles. The molecule has 158 valence electrons. The van der Waals surface area contributed by atoms with E-state index in [0.717, 1.165) is 36.9 Å². The minimum atomic E-state index is -2.57. The Kier molecular flexibility index (Phi) is 5.34. The third-order valence-corrected chi connectivity index (χ3v) is 9.59. The van der Waals surface area contributed by atoms with Crippen molar-refractivity contribution < 1.29 is 0 Å². The Labute approximate surface area is 185 Å². The molecule has 0 amide bonds. The van der Waals surface area contributed by atoms with Gasteiger partial charge in [0.05, 0.1) is 17.2 Å². The number of benzene rings is 2. The number of fused-ring (bicyclic) bond motifs is 1. The number of allylic oxidation sites excluding steroid dienone is 2. The van der Waals surface area contributed by atoms with Crippen molar-refractivity contribution in [1.82, 2.24) is 4.67 Å². The summed E-state index contributed by atoms with van der Waals surface area (Å²) >= 11 is 0. The van der Waals surface area contributed by atoms with Crippen LogP contribution in [0.15, 0.2) is 70.7 Å². The first kappa shape index (κ1) is 21.2. The van der Waals surface area contributed by atoms with Gasteiger partial charge in [0, 0.05) is 36.9 Å². The summed E-state index contributed by atoms with van der Waals surface area (Å²) in [7, 11) is -0.430. The minimum Gasteiger partial charge on any atom is -0.346 e. The van der Waals surface area contributed by atoms with Crippen LogP contribution < -0.4 is 9.68 Å². The normalized spacial score (nSPS) is 27.4. The Bertz CT molecular complexity index is 1060. The molecular weight excluding hydrogens is 413 g/mol. The van der Waals surface area contributed by atoms with Gasteiger partial charge < -0.3 is 4.90 Å². The molecule has 1 saturated heterocycles. The molecule has 0 radical (unpaired) electrons. The molecule has 0 aromatic heterocycles. The summed E-state index contributed by atoms with van der Waals surface area (Å²) in [5.74, 6) is 0. The van der Waals surface area contributed by atoms with Crippen molar-refractivity contribution in [2.24, 2.45) is 5.10 Å². The number of anilines is 2. The monoisotopic (exact) mass is 441 g/mol. The van der Waals surface area contributed by atoms with E-state index < -0.39 is 7.36 Å². The van der Waals surface area contributed by atoms with E-state index in [2.05, 4.69) is 66.9 Å². The van der Waals surface area contributed by atoms with Gasteiger partial charge in [-0.3, -0.25) is 5.16 Å². The summed E-state index contributed by atoms with van der Waals surface area (Å²) in [5, 5.41) is 15.8. The van der Waals surface area contributed by atoms with Crippen molar-refractivity contribution in [1.29, 1.82) is 5.16 Å². The van der Waals surface area contributed by atoms with Crippen LogP contribution >= 0.6 is 19.8 Å². The Morgan fingerprint density at radius 3 is 2.27 bits per heavy atom. The van der Waals surface area contributed by atoms with Crippen molar-refractivity contribution >= 4 is 37.4 Å². The first-order valence-corrected chi connectivity index (χ1v) is 12.0. The Morgan fingerprint density at radius 2 is 1.60 bits per heavy atom. The fourth-order valence-electron chi connectivity index (χ4n) is 5.09. The fourth-order valence-corrected chi connectivity index (χ4v) is 8.30. The predicted octanol–water partition coefficient (Wildman–Crippen LogP) is 6.26. The van der Waals surface area contributed by atoms with Gasteiger partial charge in [-0.05, 0) is 36.6 Å². The number of nitrogens with zero attached hydrogens (tertiary/aromatic N) is 4. The number of halogens is 1. The zero-order valence-corrected chi connectivity index (χ0v) is 19.5. The Morgan fingerprint density at radius 1 is 0.967 bits per heavy atom. The highest BCUT2D eigenvalue weighted by Crippen LogP contribution is 2.68. The maximum Gasteiger partial charge on any atom is 0.172 e. The van der Waals surface area contributed by atoms with Crippen LogP contribution in [0, 0.1) is 5.16 Å². The molecule has 1 atom stereocenters. The van der Waals surface area contributed by atoms with Crippen LogP contribution in [0.2, 0.25) is 0 Å². The van der Waals surface area contributed by atoms with Gasteiger partial charge in [-0.25, -0.2) is 9.45 Å². The van der Waals surface area contributed by atoms with E-state index in [9.17, 15) is 5.16 Å². The molecule has 0 aliphatic carbocycles. The molecular formula is C23H29ClN5P. The van der Waals surface area contributed by atoms with Gasteiger partial charge in [0.25, 0.3) is 0 Å². The van der Waals surface area contributed by atoms with Crippen LogP contribution in [0.3, 0.4) is 0 Å². The lowest BCUT2D eigenvalue weighted by molar-refractivity contribution is 0.556. The molecule has 0 saturated carbocycles.